The van der Waals surface area contributed by atoms with Crippen molar-refractivity contribution in [2.45, 2.75) is 31.4 Å². The van der Waals surface area contributed by atoms with Gasteiger partial charge in [0.05, 0.1) is 6.10 Å². The molecule has 1 heterocycles. The van der Waals surface area contributed by atoms with Crippen LogP contribution < -0.4 is 5.73 Å². The third-order valence-corrected chi connectivity index (χ3v) is 3.45. The number of likely N-dealkylation sites (tertiary alicyclic amines) is 1. The Morgan fingerprint density at radius 3 is 2.26 bits per heavy atom. The van der Waals surface area contributed by atoms with Gasteiger partial charge in [-0.3, -0.25) is 0 Å². The number of nitrogens with two attached hydrogens (primary N) is 1. The molecule has 0 radical (unpaired) electrons. The van der Waals surface area contributed by atoms with Crippen LogP contribution >= 0.6 is 24.8 Å². The predicted molar refractivity (Wildman–Crippen MR) is 84.3 cm³/mol. The number of hydrogen-bond donors (Lipinski definition) is 2. The lowest BCUT2D eigenvalue weighted by Crippen LogP contribution is -2.43. The van der Waals surface area contributed by atoms with Gasteiger partial charge in [0.25, 0.3) is 0 Å². The summed E-state index contributed by atoms with van der Waals surface area (Å²) in [5.41, 5.74) is 7.25. The summed E-state index contributed by atoms with van der Waals surface area (Å²) in [7, 11) is 0. The maximum absolute atomic E-state index is 10.1. The third kappa shape index (κ3) is 6.11. The summed E-state index contributed by atoms with van der Waals surface area (Å²) in [4.78, 5) is 2.30. The summed E-state index contributed by atoms with van der Waals surface area (Å²) in [6.45, 7) is 2.93. The van der Waals surface area contributed by atoms with Crippen LogP contribution in [0, 0.1) is 0 Å². The zero-order valence-corrected chi connectivity index (χ0v) is 12.7. The van der Waals surface area contributed by atoms with Crippen LogP contribution in [0.5, 0.6) is 0 Å². The molecule has 0 aliphatic carbocycles. The van der Waals surface area contributed by atoms with Crippen LogP contribution in [0.15, 0.2) is 30.3 Å². The van der Waals surface area contributed by atoms with Crippen molar-refractivity contribution in [2.75, 3.05) is 19.6 Å². The molecule has 0 unspecified atom stereocenters. The molecule has 0 bridgehead atoms. The average molecular weight is 307 g/mol. The SMILES string of the molecule is Cl.Cl.N[C@H](Cc1ccccc1)[C@@H](O)CN1CCCC1. The highest BCUT2D eigenvalue weighted by Gasteiger charge is 2.20. The van der Waals surface area contributed by atoms with Crippen LogP contribution in [0.25, 0.3) is 0 Å². The summed E-state index contributed by atoms with van der Waals surface area (Å²) < 4.78 is 0. The van der Waals surface area contributed by atoms with E-state index in [-0.39, 0.29) is 30.9 Å². The minimum absolute atomic E-state index is 0. The molecule has 3 N–H and O–H groups in total. The number of rotatable bonds is 5. The third-order valence-electron chi connectivity index (χ3n) is 3.45. The molecule has 2 rings (SSSR count). The normalized spacial score (nSPS) is 18.2. The van der Waals surface area contributed by atoms with Crippen molar-refractivity contribution >= 4 is 24.8 Å². The summed E-state index contributed by atoms with van der Waals surface area (Å²) in [5, 5.41) is 10.1. The largest absolute Gasteiger partial charge is 0.390 e. The Morgan fingerprint density at radius 2 is 1.68 bits per heavy atom. The fraction of sp³-hybridized carbons (Fsp3) is 0.571. The average Bonchev–Trinajstić information content (AvgIpc) is 2.83. The molecule has 1 aromatic carbocycles. The zero-order chi connectivity index (χ0) is 12.1. The molecule has 0 saturated carbocycles. The van der Waals surface area contributed by atoms with Crippen molar-refractivity contribution in [1.29, 1.82) is 0 Å². The van der Waals surface area contributed by atoms with Gasteiger partial charge in [0.15, 0.2) is 0 Å². The molecule has 3 nitrogen and oxygen atoms in total. The second-order valence-corrected chi connectivity index (χ2v) is 4.93. The number of aliphatic hydroxyl groups excluding tert-OH is 1. The Hall–Kier alpha value is -0.320. The van der Waals surface area contributed by atoms with E-state index in [0.29, 0.717) is 6.54 Å². The lowest BCUT2D eigenvalue weighted by Gasteiger charge is -2.24. The Bertz CT molecular complexity index is 331. The lowest BCUT2D eigenvalue weighted by molar-refractivity contribution is 0.101. The second-order valence-electron chi connectivity index (χ2n) is 4.93. The molecule has 1 fully saturated rings. The van der Waals surface area contributed by atoms with Crippen molar-refractivity contribution in [1.82, 2.24) is 4.90 Å². The van der Waals surface area contributed by atoms with E-state index in [0.717, 1.165) is 19.5 Å². The summed E-state index contributed by atoms with van der Waals surface area (Å²) in [6, 6.07) is 9.96. The maximum Gasteiger partial charge on any atom is 0.0820 e. The summed E-state index contributed by atoms with van der Waals surface area (Å²) in [6.07, 6.45) is 2.82. The second kappa shape index (κ2) is 9.56. The highest BCUT2D eigenvalue weighted by Crippen LogP contribution is 2.10. The van der Waals surface area contributed by atoms with Crippen molar-refractivity contribution in [3.8, 4) is 0 Å². The summed E-state index contributed by atoms with van der Waals surface area (Å²) >= 11 is 0. The van der Waals surface area contributed by atoms with Gasteiger partial charge < -0.3 is 15.7 Å². The van der Waals surface area contributed by atoms with Gasteiger partial charge in [-0.15, -0.1) is 24.8 Å². The van der Waals surface area contributed by atoms with E-state index in [1.54, 1.807) is 0 Å². The molecular formula is C14H24Cl2N2O. The monoisotopic (exact) mass is 306 g/mol. The topological polar surface area (TPSA) is 49.5 Å². The standard InChI is InChI=1S/C14H22N2O.2ClH/c15-13(10-12-6-2-1-3-7-12)14(17)11-16-8-4-5-9-16;;/h1-3,6-7,13-14,17H,4-5,8-11,15H2;2*1H/t13-,14+;;/m1../s1. The molecule has 1 saturated heterocycles. The van der Waals surface area contributed by atoms with Gasteiger partial charge in [-0.1, -0.05) is 30.3 Å². The van der Waals surface area contributed by atoms with E-state index in [4.69, 9.17) is 5.73 Å². The first-order chi connectivity index (χ1) is 8.25. The molecule has 1 aromatic rings. The minimum atomic E-state index is -0.423. The van der Waals surface area contributed by atoms with Crippen molar-refractivity contribution in [3.63, 3.8) is 0 Å². The van der Waals surface area contributed by atoms with Crippen LogP contribution in [0.2, 0.25) is 0 Å². The number of aliphatic hydroxyl groups is 1. The number of benzene rings is 1. The molecular weight excluding hydrogens is 283 g/mol. The van der Waals surface area contributed by atoms with E-state index in [9.17, 15) is 5.11 Å². The number of nitrogens with zero attached hydrogens (tertiary/aromatic N) is 1. The molecule has 0 aromatic heterocycles. The van der Waals surface area contributed by atoms with Crippen molar-refractivity contribution < 1.29 is 5.11 Å². The Labute approximate surface area is 128 Å². The predicted octanol–water partition coefficient (Wildman–Crippen LogP) is 1.86. The van der Waals surface area contributed by atoms with Crippen molar-refractivity contribution in [2.24, 2.45) is 5.73 Å². The molecule has 2 atom stereocenters. The van der Waals surface area contributed by atoms with E-state index in [2.05, 4.69) is 17.0 Å². The van der Waals surface area contributed by atoms with E-state index < -0.39 is 6.10 Å². The Balaban J connectivity index is 0.00000162. The smallest absolute Gasteiger partial charge is 0.0820 e. The molecule has 110 valence electrons. The minimum Gasteiger partial charge on any atom is -0.390 e. The summed E-state index contributed by atoms with van der Waals surface area (Å²) in [5.74, 6) is 0. The van der Waals surface area contributed by atoms with Gasteiger partial charge in [-0.25, -0.2) is 0 Å². The van der Waals surface area contributed by atoms with Gasteiger partial charge in [0, 0.05) is 12.6 Å². The first-order valence-electron chi connectivity index (χ1n) is 6.45. The number of halogens is 2. The Morgan fingerprint density at radius 1 is 1.11 bits per heavy atom. The Kier molecular flexibility index (Phi) is 9.40. The maximum atomic E-state index is 10.1. The van der Waals surface area contributed by atoms with E-state index >= 15 is 0 Å². The lowest BCUT2D eigenvalue weighted by atomic mass is 10.0. The quantitative estimate of drug-likeness (QED) is 0.873. The van der Waals surface area contributed by atoms with Gasteiger partial charge in [-0.2, -0.15) is 0 Å². The van der Waals surface area contributed by atoms with E-state index in [1.807, 2.05) is 18.2 Å². The molecule has 19 heavy (non-hydrogen) atoms. The molecule has 1 aliphatic heterocycles. The fourth-order valence-corrected chi connectivity index (χ4v) is 2.39. The molecule has 0 amide bonds. The van der Waals surface area contributed by atoms with E-state index in [1.165, 1.54) is 18.4 Å². The fourth-order valence-electron chi connectivity index (χ4n) is 2.39. The van der Waals surface area contributed by atoms with Crippen LogP contribution in [0.4, 0.5) is 0 Å². The molecule has 5 heteroatoms. The van der Waals surface area contributed by atoms with Gasteiger partial charge in [0.1, 0.15) is 0 Å². The van der Waals surface area contributed by atoms with Crippen LogP contribution in [0.3, 0.4) is 0 Å². The molecule has 1 aliphatic rings. The number of hydrogen-bond acceptors (Lipinski definition) is 3. The van der Waals surface area contributed by atoms with Crippen molar-refractivity contribution in [3.05, 3.63) is 35.9 Å². The van der Waals surface area contributed by atoms with Crippen LogP contribution in [-0.2, 0) is 6.42 Å². The van der Waals surface area contributed by atoms with Gasteiger partial charge in [0.2, 0.25) is 0 Å². The highest BCUT2D eigenvalue weighted by molar-refractivity contribution is 5.85. The van der Waals surface area contributed by atoms with Crippen LogP contribution in [-0.4, -0.2) is 41.8 Å². The first kappa shape index (κ1) is 18.7. The number of β-amino-alcohol motifs (C(OH)–C–C–N with tert-alkyl or cyclic N) is 1. The van der Waals surface area contributed by atoms with Crippen LogP contribution in [0.1, 0.15) is 18.4 Å². The first-order valence-corrected chi connectivity index (χ1v) is 6.45. The van der Waals surface area contributed by atoms with Gasteiger partial charge in [-0.05, 0) is 37.9 Å². The molecule has 0 spiro atoms. The zero-order valence-electron chi connectivity index (χ0n) is 11.1. The van der Waals surface area contributed by atoms with Gasteiger partial charge >= 0.3 is 0 Å². The highest BCUT2D eigenvalue weighted by atomic mass is 35.5.